The molecule has 0 spiro atoms. The van der Waals surface area contributed by atoms with Gasteiger partial charge in [-0.05, 0) is 12.8 Å². The first-order valence-electron chi connectivity index (χ1n) is 5.22. The lowest BCUT2D eigenvalue weighted by Gasteiger charge is -2.18. The van der Waals surface area contributed by atoms with E-state index in [0.29, 0.717) is 13.1 Å². The number of rotatable bonds is 3. The van der Waals surface area contributed by atoms with E-state index in [1.54, 1.807) is 0 Å². The molecule has 0 radical (unpaired) electrons. The predicted molar refractivity (Wildman–Crippen MR) is 56.9 cm³/mol. The fourth-order valence-electron chi connectivity index (χ4n) is 2.15. The van der Waals surface area contributed by atoms with Gasteiger partial charge in [-0.2, -0.15) is 12.7 Å². The lowest BCUT2D eigenvalue weighted by atomic mass is 10.2. The molecular weight excluding hydrogens is 230 g/mol. The number of hydrogen-bond donors (Lipinski definition) is 1. The minimum absolute atomic E-state index is 0.137. The van der Waals surface area contributed by atoms with Crippen molar-refractivity contribution in [3.63, 3.8) is 0 Å². The molecule has 0 aromatic carbocycles. The van der Waals surface area contributed by atoms with Gasteiger partial charge in [0, 0.05) is 6.54 Å². The van der Waals surface area contributed by atoms with Crippen LogP contribution in [-0.4, -0.2) is 34.4 Å². The van der Waals surface area contributed by atoms with Crippen LogP contribution in [0, 0.1) is 0 Å². The van der Waals surface area contributed by atoms with Crippen LogP contribution in [0.15, 0.2) is 18.7 Å². The summed E-state index contributed by atoms with van der Waals surface area (Å²) < 4.78 is 36.3. The molecule has 16 heavy (non-hydrogen) atoms. The first kappa shape index (κ1) is 11.6. The zero-order valence-corrected chi connectivity index (χ0v) is 9.97. The fraction of sp³-hybridized carbons (Fsp3) is 0.667. The van der Waals surface area contributed by atoms with Gasteiger partial charge in [0.15, 0.2) is 0 Å². The van der Waals surface area contributed by atoms with Gasteiger partial charge in [-0.25, -0.2) is 9.13 Å². The molecule has 1 fully saturated rings. The quantitative estimate of drug-likeness (QED) is 0.582. The van der Waals surface area contributed by atoms with E-state index in [1.165, 1.54) is 4.31 Å². The monoisotopic (exact) mass is 246 g/mol. The normalized spacial score (nSPS) is 22.8. The average Bonchev–Trinajstić information content (AvgIpc) is 2.74. The van der Waals surface area contributed by atoms with Crippen LogP contribution in [0.1, 0.15) is 12.8 Å². The minimum atomic E-state index is -4.05. The zero-order chi connectivity index (χ0) is 11.8. The number of hydrogen-bond acceptors (Lipinski definition) is 2. The summed E-state index contributed by atoms with van der Waals surface area (Å²) in [5, 5.41) is 0. The van der Waals surface area contributed by atoms with Gasteiger partial charge < -0.3 is 0 Å². The first-order valence-corrected chi connectivity index (χ1v) is 6.62. The second-order valence-electron chi connectivity index (χ2n) is 4.16. The summed E-state index contributed by atoms with van der Waals surface area (Å²) in [5.41, 5.74) is 0. The van der Waals surface area contributed by atoms with Crippen LogP contribution in [0.25, 0.3) is 0 Å². The lowest BCUT2D eigenvalue weighted by molar-refractivity contribution is -0.671. The van der Waals surface area contributed by atoms with Crippen LogP contribution in [-0.2, 0) is 23.9 Å². The summed E-state index contributed by atoms with van der Waals surface area (Å²) in [6.45, 7) is 0.998. The number of nitrogens with zero attached hydrogens (tertiary/aromatic N) is 3. The largest absolute Gasteiger partial charge is 0.336 e. The van der Waals surface area contributed by atoms with Crippen molar-refractivity contribution < 1.29 is 17.5 Å². The maximum absolute atomic E-state index is 11.1. The molecular formula is C9H16N3O3S+. The lowest BCUT2D eigenvalue weighted by Crippen LogP contribution is -2.37. The standard InChI is InChI=1S/C9H15N3O3S/c1-10-5-6-11(8-10)7-9-3-2-4-12(9)16(13,14)15/h5-6,8-9H,2-4,7H2,1H3/p+1/t9-/m0/s1. The van der Waals surface area contributed by atoms with Crippen molar-refractivity contribution >= 4 is 10.3 Å². The van der Waals surface area contributed by atoms with Crippen LogP contribution in [0.2, 0.25) is 0 Å². The summed E-state index contributed by atoms with van der Waals surface area (Å²) in [6.07, 6.45) is 7.27. The van der Waals surface area contributed by atoms with Crippen molar-refractivity contribution in [2.24, 2.45) is 7.05 Å². The van der Waals surface area contributed by atoms with Crippen LogP contribution in [0.5, 0.6) is 0 Å². The SMILES string of the molecule is C[n+]1ccn(C[C@@H]2CCCN2S(=O)(=O)O)c1. The smallest absolute Gasteiger partial charge is 0.273 e. The second-order valence-corrected chi connectivity index (χ2v) is 5.53. The molecule has 0 unspecified atom stereocenters. The second kappa shape index (κ2) is 4.15. The minimum Gasteiger partial charge on any atom is -0.273 e. The van der Waals surface area contributed by atoms with Crippen LogP contribution >= 0.6 is 0 Å². The Balaban J connectivity index is 2.10. The Hall–Kier alpha value is -0.920. The highest BCUT2D eigenvalue weighted by Crippen LogP contribution is 2.21. The Morgan fingerprint density at radius 1 is 1.56 bits per heavy atom. The Morgan fingerprint density at radius 2 is 2.31 bits per heavy atom. The van der Waals surface area contributed by atoms with E-state index in [4.69, 9.17) is 4.55 Å². The van der Waals surface area contributed by atoms with Crippen LogP contribution in [0.4, 0.5) is 0 Å². The Morgan fingerprint density at radius 3 is 2.88 bits per heavy atom. The van der Waals surface area contributed by atoms with Crippen molar-refractivity contribution in [2.75, 3.05) is 6.54 Å². The molecule has 0 saturated carbocycles. The number of aryl methyl sites for hydroxylation is 1. The highest BCUT2D eigenvalue weighted by molar-refractivity contribution is 7.83. The maximum atomic E-state index is 11.1. The molecule has 90 valence electrons. The molecule has 1 saturated heterocycles. The summed E-state index contributed by atoms with van der Waals surface area (Å²) in [5.74, 6) is 0. The van der Waals surface area contributed by atoms with E-state index in [1.807, 2.05) is 34.9 Å². The van der Waals surface area contributed by atoms with Gasteiger partial charge in [0.1, 0.15) is 18.9 Å². The molecule has 1 aliphatic heterocycles. The maximum Gasteiger partial charge on any atom is 0.336 e. The van der Waals surface area contributed by atoms with E-state index >= 15 is 0 Å². The van der Waals surface area contributed by atoms with Crippen molar-refractivity contribution in [3.8, 4) is 0 Å². The third-order valence-corrected chi connectivity index (χ3v) is 3.94. The molecule has 0 amide bonds. The Bertz CT molecular complexity index is 468. The molecule has 1 aromatic heterocycles. The third-order valence-electron chi connectivity index (χ3n) is 2.86. The van der Waals surface area contributed by atoms with Gasteiger partial charge in [-0.15, -0.1) is 0 Å². The van der Waals surface area contributed by atoms with Crippen molar-refractivity contribution in [3.05, 3.63) is 18.7 Å². The van der Waals surface area contributed by atoms with Crippen molar-refractivity contribution in [2.45, 2.75) is 25.4 Å². The topological polar surface area (TPSA) is 66.4 Å². The fourth-order valence-corrected chi connectivity index (χ4v) is 3.06. The van der Waals surface area contributed by atoms with E-state index in [2.05, 4.69) is 0 Å². The van der Waals surface area contributed by atoms with Gasteiger partial charge >= 0.3 is 10.3 Å². The summed E-state index contributed by atoms with van der Waals surface area (Å²) in [4.78, 5) is 0. The molecule has 1 N–H and O–H groups in total. The summed E-state index contributed by atoms with van der Waals surface area (Å²) >= 11 is 0. The molecule has 6 nitrogen and oxygen atoms in total. The number of aromatic nitrogens is 2. The van der Waals surface area contributed by atoms with Gasteiger partial charge in [0.25, 0.3) is 0 Å². The van der Waals surface area contributed by atoms with Gasteiger partial charge in [0.05, 0.1) is 13.1 Å². The average molecular weight is 246 g/mol. The van der Waals surface area contributed by atoms with E-state index < -0.39 is 10.3 Å². The summed E-state index contributed by atoms with van der Waals surface area (Å²) in [7, 11) is -2.14. The Kier molecular flexibility index (Phi) is 3.00. The predicted octanol–water partition coefficient (Wildman–Crippen LogP) is -0.420. The van der Waals surface area contributed by atoms with Crippen LogP contribution in [0.3, 0.4) is 0 Å². The zero-order valence-electron chi connectivity index (χ0n) is 9.15. The first-order chi connectivity index (χ1) is 7.47. The van der Waals surface area contributed by atoms with E-state index in [9.17, 15) is 8.42 Å². The van der Waals surface area contributed by atoms with Gasteiger partial charge in [-0.1, -0.05) is 0 Å². The molecule has 2 rings (SSSR count). The van der Waals surface area contributed by atoms with Gasteiger partial charge in [-0.3, -0.25) is 4.55 Å². The molecule has 7 heteroatoms. The molecule has 1 aliphatic rings. The van der Waals surface area contributed by atoms with Crippen molar-refractivity contribution in [1.82, 2.24) is 8.87 Å². The Labute approximate surface area is 95.0 Å². The highest BCUT2D eigenvalue weighted by atomic mass is 32.2. The highest BCUT2D eigenvalue weighted by Gasteiger charge is 2.34. The summed E-state index contributed by atoms with van der Waals surface area (Å²) in [6, 6.07) is -0.137. The van der Waals surface area contributed by atoms with E-state index in [0.717, 1.165) is 12.8 Å². The molecule has 1 aromatic rings. The number of imidazole rings is 1. The molecule has 1 atom stereocenters. The third kappa shape index (κ3) is 2.42. The molecule has 2 heterocycles. The van der Waals surface area contributed by atoms with Crippen LogP contribution < -0.4 is 4.57 Å². The van der Waals surface area contributed by atoms with Crippen molar-refractivity contribution in [1.29, 1.82) is 0 Å². The molecule has 0 aliphatic carbocycles. The van der Waals surface area contributed by atoms with Gasteiger partial charge in [0.2, 0.25) is 6.33 Å². The van der Waals surface area contributed by atoms with E-state index in [-0.39, 0.29) is 6.04 Å². The molecule has 0 bridgehead atoms.